The third kappa shape index (κ3) is 3.84. The first-order valence-corrected chi connectivity index (χ1v) is 6.99. The summed E-state index contributed by atoms with van der Waals surface area (Å²) in [5, 5.41) is 12.8. The Kier molecular flexibility index (Phi) is 5.77. The van der Waals surface area contributed by atoms with Crippen LogP contribution in [0, 0.1) is 0 Å². The second-order valence-electron chi connectivity index (χ2n) is 5.32. The minimum atomic E-state index is -0.636. The number of likely N-dealkylation sites (N-methyl/N-ethyl adjacent to an activating group) is 1. The Morgan fingerprint density at radius 2 is 2.20 bits per heavy atom. The summed E-state index contributed by atoms with van der Waals surface area (Å²) < 4.78 is 0. The zero-order chi connectivity index (χ0) is 15.3. The van der Waals surface area contributed by atoms with Gasteiger partial charge in [0.1, 0.15) is 5.82 Å². The number of halogens is 1. The summed E-state index contributed by atoms with van der Waals surface area (Å²) in [5.41, 5.74) is -0.232. The molecular weight excluding hydrogens is 278 g/mol. The Balaban J connectivity index is 2.92. The average molecular weight is 300 g/mol. The summed E-state index contributed by atoms with van der Waals surface area (Å²) in [6.45, 7) is 6.28. The van der Waals surface area contributed by atoms with Gasteiger partial charge < -0.3 is 15.3 Å². The Labute approximate surface area is 125 Å². The lowest BCUT2D eigenvalue weighted by Crippen LogP contribution is -2.47. The number of carbonyl (C=O) groups is 1. The van der Waals surface area contributed by atoms with Crippen LogP contribution in [0.5, 0.6) is 0 Å². The van der Waals surface area contributed by atoms with E-state index in [2.05, 4.69) is 10.3 Å². The van der Waals surface area contributed by atoms with E-state index in [1.807, 2.05) is 6.92 Å². The standard InChI is InChI=1S/C14H22ClN3O2/c1-5-6-16-12-11(15)7-10(8-17-12)13(20)18(4)14(2,3)9-19/h7-8,19H,5-6,9H2,1-4H3,(H,16,17). The molecule has 0 aliphatic rings. The molecule has 0 aliphatic carbocycles. The Morgan fingerprint density at radius 3 is 2.70 bits per heavy atom. The average Bonchev–Trinajstić information content (AvgIpc) is 2.44. The maximum absolute atomic E-state index is 12.3. The minimum Gasteiger partial charge on any atom is -0.394 e. The highest BCUT2D eigenvalue weighted by Gasteiger charge is 2.28. The maximum atomic E-state index is 12.3. The number of aromatic nitrogens is 1. The van der Waals surface area contributed by atoms with E-state index in [0.29, 0.717) is 16.4 Å². The molecule has 0 radical (unpaired) electrons. The molecular formula is C14H22ClN3O2. The summed E-state index contributed by atoms with van der Waals surface area (Å²) >= 11 is 6.12. The normalized spacial score (nSPS) is 11.3. The van der Waals surface area contributed by atoms with Crippen LogP contribution in [0.4, 0.5) is 5.82 Å². The van der Waals surface area contributed by atoms with Crippen molar-refractivity contribution >= 4 is 23.3 Å². The lowest BCUT2D eigenvalue weighted by atomic mass is 10.0. The van der Waals surface area contributed by atoms with Gasteiger partial charge in [0.15, 0.2) is 0 Å². The summed E-state index contributed by atoms with van der Waals surface area (Å²) in [5.74, 6) is 0.356. The minimum absolute atomic E-state index is 0.119. The molecule has 2 N–H and O–H groups in total. The topological polar surface area (TPSA) is 65.5 Å². The van der Waals surface area contributed by atoms with E-state index in [1.165, 1.54) is 11.1 Å². The van der Waals surface area contributed by atoms with Crippen molar-refractivity contribution in [2.45, 2.75) is 32.7 Å². The van der Waals surface area contributed by atoms with Crippen molar-refractivity contribution in [2.75, 3.05) is 25.5 Å². The predicted octanol–water partition coefficient (Wildman–Crippen LogP) is 2.40. The molecule has 1 aromatic heterocycles. The highest BCUT2D eigenvalue weighted by molar-refractivity contribution is 6.33. The number of aliphatic hydroxyl groups is 1. The molecule has 5 nitrogen and oxygen atoms in total. The largest absolute Gasteiger partial charge is 0.394 e. The van der Waals surface area contributed by atoms with E-state index >= 15 is 0 Å². The number of hydrogen-bond donors (Lipinski definition) is 2. The number of amides is 1. The summed E-state index contributed by atoms with van der Waals surface area (Å²) in [6, 6.07) is 1.60. The van der Waals surface area contributed by atoms with Gasteiger partial charge in [-0.05, 0) is 26.3 Å². The summed E-state index contributed by atoms with van der Waals surface area (Å²) in [7, 11) is 1.65. The third-order valence-electron chi connectivity index (χ3n) is 3.23. The molecule has 6 heteroatoms. The summed E-state index contributed by atoms with van der Waals surface area (Å²) in [4.78, 5) is 18.0. The number of carbonyl (C=O) groups excluding carboxylic acids is 1. The van der Waals surface area contributed by atoms with Gasteiger partial charge in [0, 0.05) is 19.8 Å². The number of anilines is 1. The van der Waals surface area contributed by atoms with Gasteiger partial charge in [-0.3, -0.25) is 4.79 Å². The predicted molar refractivity (Wildman–Crippen MR) is 81.3 cm³/mol. The van der Waals surface area contributed by atoms with Gasteiger partial charge in [0.2, 0.25) is 0 Å². The van der Waals surface area contributed by atoms with Crippen molar-refractivity contribution in [2.24, 2.45) is 0 Å². The first kappa shape index (κ1) is 16.7. The Bertz CT molecular complexity index is 477. The van der Waals surface area contributed by atoms with Crippen molar-refractivity contribution in [3.05, 3.63) is 22.8 Å². The van der Waals surface area contributed by atoms with Crippen LogP contribution < -0.4 is 5.32 Å². The molecule has 1 rings (SSSR count). The highest BCUT2D eigenvalue weighted by Crippen LogP contribution is 2.22. The molecule has 0 saturated carbocycles. The smallest absolute Gasteiger partial charge is 0.255 e. The van der Waals surface area contributed by atoms with Crippen LogP contribution in [-0.4, -0.2) is 46.6 Å². The van der Waals surface area contributed by atoms with Gasteiger partial charge in [-0.15, -0.1) is 0 Å². The van der Waals surface area contributed by atoms with E-state index in [0.717, 1.165) is 13.0 Å². The molecule has 0 unspecified atom stereocenters. The molecule has 0 saturated heterocycles. The summed E-state index contributed by atoms with van der Waals surface area (Å²) in [6.07, 6.45) is 2.46. The lowest BCUT2D eigenvalue weighted by Gasteiger charge is -2.33. The van der Waals surface area contributed by atoms with Gasteiger partial charge >= 0.3 is 0 Å². The van der Waals surface area contributed by atoms with Crippen LogP contribution >= 0.6 is 11.6 Å². The van der Waals surface area contributed by atoms with E-state index in [4.69, 9.17) is 11.6 Å². The second kappa shape index (κ2) is 6.90. The van der Waals surface area contributed by atoms with E-state index in [-0.39, 0.29) is 12.5 Å². The number of nitrogens with zero attached hydrogens (tertiary/aromatic N) is 2. The number of nitrogens with one attached hydrogen (secondary N) is 1. The second-order valence-corrected chi connectivity index (χ2v) is 5.72. The van der Waals surface area contributed by atoms with Crippen LogP contribution in [-0.2, 0) is 0 Å². The van der Waals surface area contributed by atoms with Crippen LogP contribution in [0.3, 0.4) is 0 Å². The van der Waals surface area contributed by atoms with E-state index < -0.39 is 5.54 Å². The zero-order valence-electron chi connectivity index (χ0n) is 12.4. The first-order valence-electron chi connectivity index (χ1n) is 6.62. The van der Waals surface area contributed by atoms with Crippen molar-refractivity contribution in [3.8, 4) is 0 Å². The first-order chi connectivity index (χ1) is 9.33. The number of hydrogen-bond acceptors (Lipinski definition) is 4. The maximum Gasteiger partial charge on any atom is 0.255 e. The fraction of sp³-hybridized carbons (Fsp3) is 0.571. The van der Waals surface area contributed by atoms with Gasteiger partial charge in [-0.25, -0.2) is 4.98 Å². The highest BCUT2D eigenvalue weighted by atomic mass is 35.5. The van der Waals surface area contributed by atoms with Crippen LogP contribution in [0.25, 0.3) is 0 Å². The van der Waals surface area contributed by atoms with Crippen LogP contribution in [0.1, 0.15) is 37.6 Å². The third-order valence-corrected chi connectivity index (χ3v) is 3.52. The Hall–Kier alpha value is -1.33. The van der Waals surface area contributed by atoms with Crippen molar-refractivity contribution in [3.63, 3.8) is 0 Å². The molecule has 0 bridgehead atoms. The molecule has 0 aromatic carbocycles. The molecule has 1 amide bonds. The number of aliphatic hydroxyl groups excluding tert-OH is 1. The van der Waals surface area contributed by atoms with Gasteiger partial charge in [0.05, 0.1) is 22.7 Å². The van der Waals surface area contributed by atoms with Crippen molar-refractivity contribution in [1.29, 1.82) is 0 Å². The van der Waals surface area contributed by atoms with Gasteiger partial charge in [0.25, 0.3) is 5.91 Å². The lowest BCUT2D eigenvalue weighted by molar-refractivity contribution is 0.0473. The molecule has 1 heterocycles. The molecule has 0 spiro atoms. The molecule has 0 fully saturated rings. The van der Waals surface area contributed by atoms with E-state index in [9.17, 15) is 9.90 Å². The molecule has 0 aliphatic heterocycles. The van der Waals surface area contributed by atoms with Crippen LogP contribution in [0.2, 0.25) is 5.02 Å². The fourth-order valence-corrected chi connectivity index (χ4v) is 1.74. The zero-order valence-corrected chi connectivity index (χ0v) is 13.2. The SMILES string of the molecule is CCCNc1ncc(C(=O)N(C)C(C)(C)CO)cc1Cl. The molecule has 0 atom stereocenters. The molecule has 112 valence electrons. The molecule has 20 heavy (non-hydrogen) atoms. The van der Waals surface area contributed by atoms with E-state index in [1.54, 1.807) is 27.0 Å². The number of pyridine rings is 1. The van der Waals surface area contributed by atoms with Gasteiger partial charge in [-0.1, -0.05) is 18.5 Å². The monoisotopic (exact) mass is 299 g/mol. The quantitative estimate of drug-likeness (QED) is 0.846. The molecule has 1 aromatic rings. The van der Waals surface area contributed by atoms with Crippen molar-refractivity contribution < 1.29 is 9.90 Å². The fourth-order valence-electron chi connectivity index (χ4n) is 1.50. The Morgan fingerprint density at radius 1 is 1.55 bits per heavy atom. The number of rotatable bonds is 6. The van der Waals surface area contributed by atoms with Crippen molar-refractivity contribution in [1.82, 2.24) is 9.88 Å². The van der Waals surface area contributed by atoms with Crippen LogP contribution in [0.15, 0.2) is 12.3 Å². The van der Waals surface area contributed by atoms with Gasteiger partial charge in [-0.2, -0.15) is 0 Å².